The van der Waals surface area contributed by atoms with E-state index >= 15 is 0 Å². The van der Waals surface area contributed by atoms with Gasteiger partial charge in [0.25, 0.3) is 0 Å². The third kappa shape index (κ3) is 4.79. The Morgan fingerprint density at radius 2 is 2.05 bits per heavy atom. The van der Waals surface area contributed by atoms with Crippen molar-refractivity contribution in [3.05, 3.63) is 23.8 Å². The molecule has 0 aliphatic rings. The highest BCUT2D eigenvalue weighted by Crippen LogP contribution is 2.23. The van der Waals surface area contributed by atoms with Gasteiger partial charge in [-0.1, -0.05) is 0 Å². The number of hydrogen-bond acceptors (Lipinski definition) is 5. The zero-order valence-electron chi connectivity index (χ0n) is 11.9. The molecular weight excluding hydrogens is 246 g/mol. The van der Waals surface area contributed by atoms with E-state index in [0.717, 1.165) is 0 Å². The first kappa shape index (κ1) is 15.3. The Morgan fingerprint density at radius 3 is 2.63 bits per heavy atom. The van der Waals surface area contributed by atoms with E-state index in [-0.39, 0.29) is 12.1 Å². The van der Waals surface area contributed by atoms with Gasteiger partial charge in [0, 0.05) is 12.6 Å². The van der Waals surface area contributed by atoms with Crippen LogP contribution in [0.4, 0.5) is 5.69 Å². The summed E-state index contributed by atoms with van der Waals surface area (Å²) in [5.74, 6) is 0.301. The van der Waals surface area contributed by atoms with Crippen molar-refractivity contribution in [2.75, 3.05) is 32.7 Å². The monoisotopic (exact) mass is 267 g/mol. The average molecular weight is 267 g/mol. The van der Waals surface area contributed by atoms with Crippen LogP contribution >= 0.6 is 0 Å². The molecule has 0 unspecified atom stereocenters. The number of esters is 1. The summed E-state index contributed by atoms with van der Waals surface area (Å²) in [6, 6.07) is 5.17. The van der Waals surface area contributed by atoms with Gasteiger partial charge in [0.1, 0.15) is 5.75 Å². The van der Waals surface area contributed by atoms with Gasteiger partial charge in [-0.2, -0.15) is 0 Å². The molecular formula is C14H21NO4. The highest BCUT2D eigenvalue weighted by molar-refractivity contribution is 5.95. The van der Waals surface area contributed by atoms with Crippen molar-refractivity contribution in [2.45, 2.75) is 20.0 Å². The van der Waals surface area contributed by atoms with Gasteiger partial charge < -0.3 is 19.5 Å². The minimum absolute atomic E-state index is 0.187. The molecule has 1 N–H and O–H groups in total. The second-order valence-electron chi connectivity index (χ2n) is 4.25. The lowest BCUT2D eigenvalue weighted by Crippen LogP contribution is -2.15. The molecule has 0 aliphatic carbocycles. The molecule has 0 atom stereocenters. The quantitative estimate of drug-likeness (QED) is 0.607. The average Bonchev–Trinajstić information content (AvgIpc) is 2.42. The van der Waals surface area contributed by atoms with Gasteiger partial charge in [0.05, 0.1) is 38.2 Å². The van der Waals surface area contributed by atoms with Crippen molar-refractivity contribution in [1.29, 1.82) is 0 Å². The molecule has 0 fully saturated rings. The minimum Gasteiger partial charge on any atom is -0.497 e. The number of methoxy groups -OCH3 is 2. The molecule has 1 aromatic rings. The Hall–Kier alpha value is -1.75. The van der Waals surface area contributed by atoms with Crippen molar-refractivity contribution in [1.82, 2.24) is 0 Å². The number of nitrogens with one attached hydrogen (secondary N) is 1. The number of anilines is 1. The van der Waals surface area contributed by atoms with Crippen molar-refractivity contribution >= 4 is 11.7 Å². The van der Waals surface area contributed by atoms with Gasteiger partial charge in [-0.3, -0.25) is 0 Å². The summed E-state index contributed by atoms with van der Waals surface area (Å²) >= 11 is 0. The molecule has 0 radical (unpaired) electrons. The predicted octanol–water partition coefficient (Wildman–Crippen LogP) is 2.32. The Balaban J connectivity index is 2.74. The lowest BCUT2D eigenvalue weighted by atomic mass is 10.1. The molecule has 0 aromatic heterocycles. The van der Waals surface area contributed by atoms with Gasteiger partial charge >= 0.3 is 5.97 Å². The Morgan fingerprint density at radius 1 is 1.32 bits per heavy atom. The third-order valence-electron chi connectivity index (χ3n) is 2.50. The maximum Gasteiger partial charge on any atom is 0.339 e. The smallest absolute Gasteiger partial charge is 0.339 e. The third-order valence-corrected chi connectivity index (χ3v) is 2.50. The van der Waals surface area contributed by atoms with Crippen LogP contribution in [0.2, 0.25) is 0 Å². The normalized spacial score (nSPS) is 10.4. The summed E-state index contributed by atoms with van der Waals surface area (Å²) in [5, 5.41) is 3.15. The number of ether oxygens (including phenoxy) is 3. The van der Waals surface area contributed by atoms with E-state index in [0.29, 0.717) is 30.2 Å². The number of carbonyl (C=O) groups is 1. The Bertz CT molecular complexity index is 418. The topological polar surface area (TPSA) is 56.8 Å². The molecule has 106 valence electrons. The summed E-state index contributed by atoms with van der Waals surface area (Å²) in [6.45, 7) is 5.13. The Labute approximate surface area is 113 Å². The molecule has 0 bridgehead atoms. The molecule has 1 aromatic carbocycles. The van der Waals surface area contributed by atoms with Gasteiger partial charge in [-0.25, -0.2) is 4.79 Å². The summed E-state index contributed by atoms with van der Waals surface area (Å²) in [7, 11) is 2.94. The standard InChI is InChI=1S/C14H21NO4/c1-10(2)19-8-7-15-13-9-11(17-3)5-6-12(13)14(16)18-4/h5-6,9-10,15H,7-8H2,1-4H3. The number of carbonyl (C=O) groups excluding carboxylic acids is 1. The molecule has 19 heavy (non-hydrogen) atoms. The van der Waals surface area contributed by atoms with Crippen LogP contribution in [0.1, 0.15) is 24.2 Å². The van der Waals surface area contributed by atoms with Gasteiger partial charge in [0.2, 0.25) is 0 Å². The highest BCUT2D eigenvalue weighted by Gasteiger charge is 2.12. The molecule has 5 heteroatoms. The van der Waals surface area contributed by atoms with Crippen LogP contribution in [0.25, 0.3) is 0 Å². The zero-order chi connectivity index (χ0) is 14.3. The molecule has 0 saturated carbocycles. The van der Waals surface area contributed by atoms with Crippen LogP contribution in [0.5, 0.6) is 5.75 Å². The van der Waals surface area contributed by atoms with Crippen molar-refractivity contribution in [3.8, 4) is 5.75 Å². The van der Waals surface area contributed by atoms with Crippen LogP contribution in [-0.4, -0.2) is 39.4 Å². The van der Waals surface area contributed by atoms with Crippen LogP contribution in [0.3, 0.4) is 0 Å². The zero-order valence-corrected chi connectivity index (χ0v) is 11.9. The first-order valence-corrected chi connectivity index (χ1v) is 6.20. The number of benzene rings is 1. The van der Waals surface area contributed by atoms with Gasteiger partial charge in [-0.15, -0.1) is 0 Å². The molecule has 5 nitrogen and oxygen atoms in total. The van der Waals surface area contributed by atoms with Gasteiger partial charge in [-0.05, 0) is 26.0 Å². The second kappa shape index (κ2) is 7.63. The molecule has 0 aliphatic heterocycles. The van der Waals surface area contributed by atoms with Gasteiger partial charge in [0.15, 0.2) is 0 Å². The predicted molar refractivity (Wildman–Crippen MR) is 73.9 cm³/mol. The van der Waals surface area contributed by atoms with E-state index in [9.17, 15) is 4.79 Å². The molecule has 0 spiro atoms. The Kier molecular flexibility index (Phi) is 6.15. The minimum atomic E-state index is -0.380. The van der Waals surface area contributed by atoms with Crippen LogP contribution in [0, 0.1) is 0 Å². The lowest BCUT2D eigenvalue weighted by Gasteiger charge is -2.13. The fraction of sp³-hybridized carbons (Fsp3) is 0.500. The summed E-state index contributed by atoms with van der Waals surface area (Å²) < 4.78 is 15.3. The molecule has 0 amide bonds. The molecule has 1 rings (SSSR count). The maximum absolute atomic E-state index is 11.6. The van der Waals surface area contributed by atoms with E-state index in [1.54, 1.807) is 25.3 Å². The fourth-order valence-electron chi connectivity index (χ4n) is 1.56. The number of hydrogen-bond donors (Lipinski definition) is 1. The van der Waals surface area contributed by atoms with E-state index in [2.05, 4.69) is 5.32 Å². The highest BCUT2D eigenvalue weighted by atomic mass is 16.5. The van der Waals surface area contributed by atoms with E-state index in [1.807, 2.05) is 13.8 Å². The summed E-state index contributed by atoms with van der Waals surface area (Å²) in [5.41, 5.74) is 1.16. The van der Waals surface area contributed by atoms with E-state index in [4.69, 9.17) is 14.2 Å². The van der Waals surface area contributed by atoms with Crippen LogP contribution < -0.4 is 10.1 Å². The van der Waals surface area contributed by atoms with Crippen LogP contribution in [-0.2, 0) is 9.47 Å². The SMILES string of the molecule is COC(=O)c1ccc(OC)cc1NCCOC(C)C. The summed E-state index contributed by atoms with van der Waals surface area (Å²) in [4.78, 5) is 11.6. The van der Waals surface area contributed by atoms with E-state index < -0.39 is 0 Å². The lowest BCUT2D eigenvalue weighted by molar-refractivity contribution is 0.0601. The first-order chi connectivity index (χ1) is 9.08. The number of rotatable bonds is 7. The first-order valence-electron chi connectivity index (χ1n) is 6.20. The van der Waals surface area contributed by atoms with Crippen molar-refractivity contribution in [2.24, 2.45) is 0 Å². The van der Waals surface area contributed by atoms with Crippen LogP contribution in [0.15, 0.2) is 18.2 Å². The van der Waals surface area contributed by atoms with E-state index in [1.165, 1.54) is 7.11 Å². The fourth-order valence-corrected chi connectivity index (χ4v) is 1.56. The molecule has 0 heterocycles. The second-order valence-corrected chi connectivity index (χ2v) is 4.25. The largest absolute Gasteiger partial charge is 0.497 e. The summed E-state index contributed by atoms with van der Waals surface area (Å²) in [6.07, 6.45) is 0.187. The van der Waals surface area contributed by atoms with Crippen molar-refractivity contribution < 1.29 is 19.0 Å². The molecule has 0 saturated heterocycles. The van der Waals surface area contributed by atoms with Crippen molar-refractivity contribution in [3.63, 3.8) is 0 Å². The maximum atomic E-state index is 11.6.